The second-order valence-electron chi connectivity index (χ2n) is 4.87. The van der Waals surface area contributed by atoms with Crippen LogP contribution in [0.25, 0.3) is 10.9 Å². The number of aromatic nitrogens is 1. The highest BCUT2D eigenvalue weighted by Crippen LogP contribution is 2.14. The van der Waals surface area contributed by atoms with Crippen molar-refractivity contribution in [3.8, 4) is 0 Å². The number of likely N-dealkylation sites (N-methyl/N-ethyl adjacent to an activating group) is 1. The number of para-hydroxylation sites is 1. The molecule has 0 saturated carbocycles. The SMILES string of the molecule is CN1CCN=C1NCCNc1ccc2ccccc2n1. The number of benzene rings is 1. The molecule has 0 bridgehead atoms. The molecule has 104 valence electrons. The van der Waals surface area contributed by atoms with Crippen LogP contribution >= 0.6 is 0 Å². The number of hydrogen-bond donors (Lipinski definition) is 2. The minimum atomic E-state index is 0.818. The van der Waals surface area contributed by atoms with Crippen molar-refractivity contribution in [2.24, 2.45) is 4.99 Å². The standard InChI is InChI=1S/C15H19N5/c1-20-11-10-18-15(20)17-9-8-16-14-7-6-12-4-2-3-5-13(12)19-14/h2-7H,8-11H2,1H3,(H,16,19)(H,17,18). The molecule has 0 aliphatic carbocycles. The third-order valence-corrected chi connectivity index (χ3v) is 3.37. The van der Waals surface area contributed by atoms with Crippen LogP contribution < -0.4 is 10.6 Å². The minimum absolute atomic E-state index is 0.818. The molecule has 2 heterocycles. The number of rotatable bonds is 4. The molecule has 0 radical (unpaired) electrons. The summed E-state index contributed by atoms with van der Waals surface area (Å²) in [6.07, 6.45) is 0. The number of nitrogens with zero attached hydrogens (tertiary/aromatic N) is 3. The van der Waals surface area contributed by atoms with Crippen molar-refractivity contribution in [2.75, 3.05) is 38.5 Å². The summed E-state index contributed by atoms with van der Waals surface area (Å²) in [5.41, 5.74) is 1.02. The van der Waals surface area contributed by atoms with E-state index in [0.29, 0.717) is 0 Å². The molecule has 3 rings (SSSR count). The van der Waals surface area contributed by atoms with Crippen molar-refractivity contribution in [3.05, 3.63) is 36.4 Å². The van der Waals surface area contributed by atoms with Crippen molar-refractivity contribution >= 4 is 22.7 Å². The Hall–Kier alpha value is -2.30. The number of hydrogen-bond acceptors (Lipinski definition) is 5. The van der Waals surface area contributed by atoms with E-state index in [1.165, 1.54) is 0 Å². The molecule has 1 aliphatic rings. The number of anilines is 1. The monoisotopic (exact) mass is 269 g/mol. The summed E-state index contributed by atoms with van der Waals surface area (Å²) in [7, 11) is 2.05. The van der Waals surface area contributed by atoms with Gasteiger partial charge in [0, 0.05) is 32.1 Å². The lowest BCUT2D eigenvalue weighted by atomic mass is 10.2. The van der Waals surface area contributed by atoms with Gasteiger partial charge < -0.3 is 15.5 Å². The predicted octanol–water partition coefficient (Wildman–Crippen LogP) is 1.54. The van der Waals surface area contributed by atoms with Crippen molar-refractivity contribution in [1.82, 2.24) is 15.2 Å². The van der Waals surface area contributed by atoms with Gasteiger partial charge in [-0.25, -0.2) is 4.98 Å². The van der Waals surface area contributed by atoms with Crippen LogP contribution in [0, 0.1) is 0 Å². The average molecular weight is 269 g/mol. The Morgan fingerprint density at radius 2 is 1.95 bits per heavy atom. The fourth-order valence-electron chi connectivity index (χ4n) is 2.25. The van der Waals surface area contributed by atoms with Crippen LogP contribution in [0.15, 0.2) is 41.4 Å². The first-order valence-electron chi connectivity index (χ1n) is 6.92. The zero-order chi connectivity index (χ0) is 13.8. The van der Waals surface area contributed by atoms with Crippen LogP contribution in [-0.2, 0) is 0 Å². The van der Waals surface area contributed by atoms with Gasteiger partial charge in [-0.15, -0.1) is 0 Å². The van der Waals surface area contributed by atoms with Crippen molar-refractivity contribution < 1.29 is 0 Å². The van der Waals surface area contributed by atoms with E-state index in [0.717, 1.165) is 48.9 Å². The zero-order valence-corrected chi connectivity index (χ0v) is 11.6. The largest absolute Gasteiger partial charge is 0.368 e. The van der Waals surface area contributed by atoms with Crippen LogP contribution in [0.3, 0.4) is 0 Å². The maximum atomic E-state index is 4.58. The molecule has 0 amide bonds. The van der Waals surface area contributed by atoms with E-state index < -0.39 is 0 Å². The Balaban J connectivity index is 1.52. The molecule has 0 spiro atoms. The summed E-state index contributed by atoms with van der Waals surface area (Å²) >= 11 is 0. The highest BCUT2D eigenvalue weighted by molar-refractivity contribution is 5.81. The van der Waals surface area contributed by atoms with Gasteiger partial charge in [0.05, 0.1) is 12.1 Å². The van der Waals surface area contributed by atoms with Gasteiger partial charge in [0.25, 0.3) is 0 Å². The molecule has 0 saturated heterocycles. The third-order valence-electron chi connectivity index (χ3n) is 3.37. The molecule has 1 aromatic heterocycles. The first-order valence-corrected chi connectivity index (χ1v) is 6.92. The molecule has 5 heteroatoms. The summed E-state index contributed by atoms with van der Waals surface area (Å²) in [4.78, 5) is 11.1. The third kappa shape index (κ3) is 2.82. The number of pyridine rings is 1. The summed E-state index contributed by atoms with van der Waals surface area (Å²) in [5, 5.41) is 7.82. The second-order valence-corrected chi connectivity index (χ2v) is 4.87. The number of aliphatic imine (C=N–C) groups is 1. The lowest BCUT2D eigenvalue weighted by Crippen LogP contribution is -2.37. The Bertz CT molecular complexity index is 622. The van der Waals surface area contributed by atoms with Gasteiger partial charge in [0.1, 0.15) is 5.82 Å². The fourth-order valence-corrected chi connectivity index (χ4v) is 2.25. The minimum Gasteiger partial charge on any atom is -0.368 e. The maximum absolute atomic E-state index is 4.58. The molecule has 0 unspecified atom stereocenters. The van der Waals surface area contributed by atoms with Crippen LogP contribution in [0.5, 0.6) is 0 Å². The van der Waals surface area contributed by atoms with E-state index >= 15 is 0 Å². The van der Waals surface area contributed by atoms with Gasteiger partial charge in [-0.2, -0.15) is 0 Å². The van der Waals surface area contributed by atoms with Gasteiger partial charge >= 0.3 is 0 Å². The molecule has 1 aliphatic heterocycles. The molecule has 1 aromatic carbocycles. The molecular weight excluding hydrogens is 250 g/mol. The normalized spacial score (nSPS) is 14.4. The number of guanidine groups is 1. The van der Waals surface area contributed by atoms with Gasteiger partial charge in [0.15, 0.2) is 5.96 Å². The van der Waals surface area contributed by atoms with E-state index in [1.807, 2.05) is 24.3 Å². The molecule has 2 aromatic rings. The molecule has 20 heavy (non-hydrogen) atoms. The molecule has 0 atom stereocenters. The molecule has 5 nitrogen and oxygen atoms in total. The Morgan fingerprint density at radius 1 is 1.10 bits per heavy atom. The van der Waals surface area contributed by atoms with Crippen LogP contribution in [0.4, 0.5) is 5.82 Å². The smallest absolute Gasteiger partial charge is 0.193 e. The molecule has 2 N–H and O–H groups in total. The van der Waals surface area contributed by atoms with E-state index in [2.05, 4.69) is 44.7 Å². The Kier molecular flexibility index (Phi) is 3.67. The highest BCUT2D eigenvalue weighted by atomic mass is 15.3. The lowest BCUT2D eigenvalue weighted by Gasteiger charge is -2.15. The Morgan fingerprint density at radius 3 is 2.80 bits per heavy atom. The highest BCUT2D eigenvalue weighted by Gasteiger charge is 2.10. The first kappa shape index (κ1) is 12.7. The first-order chi connectivity index (χ1) is 9.83. The van der Waals surface area contributed by atoms with Gasteiger partial charge in [-0.05, 0) is 18.2 Å². The van der Waals surface area contributed by atoms with Crippen molar-refractivity contribution in [1.29, 1.82) is 0 Å². The van der Waals surface area contributed by atoms with Crippen molar-refractivity contribution in [2.45, 2.75) is 0 Å². The molecule has 0 fully saturated rings. The van der Waals surface area contributed by atoms with Gasteiger partial charge in [-0.3, -0.25) is 4.99 Å². The number of fused-ring (bicyclic) bond motifs is 1. The maximum Gasteiger partial charge on any atom is 0.193 e. The zero-order valence-electron chi connectivity index (χ0n) is 11.6. The van der Waals surface area contributed by atoms with E-state index in [1.54, 1.807) is 0 Å². The van der Waals surface area contributed by atoms with Crippen molar-refractivity contribution in [3.63, 3.8) is 0 Å². The predicted molar refractivity (Wildman–Crippen MR) is 83.2 cm³/mol. The molecular formula is C15H19N5. The lowest BCUT2D eigenvalue weighted by molar-refractivity contribution is 0.535. The van der Waals surface area contributed by atoms with Crippen LogP contribution in [0.2, 0.25) is 0 Å². The quantitative estimate of drug-likeness (QED) is 0.827. The Labute approximate surface area is 118 Å². The van der Waals surface area contributed by atoms with Crippen LogP contribution in [-0.4, -0.2) is 49.1 Å². The average Bonchev–Trinajstić information content (AvgIpc) is 2.89. The summed E-state index contributed by atoms with van der Waals surface area (Å²) in [6, 6.07) is 12.2. The summed E-state index contributed by atoms with van der Waals surface area (Å²) < 4.78 is 0. The number of nitrogens with one attached hydrogen (secondary N) is 2. The fraction of sp³-hybridized carbons (Fsp3) is 0.333. The summed E-state index contributed by atoms with van der Waals surface area (Å²) in [6.45, 7) is 3.54. The van der Waals surface area contributed by atoms with Gasteiger partial charge in [-0.1, -0.05) is 18.2 Å². The van der Waals surface area contributed by atoms with Crippen LogP contribution in [0.1, 0.15) is 0 Å². The second kappa shape index (κ2) is 5.77. The topological polar surface area (TPSA) is 52.5 Å². The summed E-state index contributed by atoms with van der Waals surface area (Å²) in [5.74, 6) is 1.89. The van der Waals surface area contributed by atoms with Gasteiger partial charge in [0.2, 0.25) is 0 Å². The van der Waals surface area contributed by atoms with E-state index in [4.69, 9.17) is 0 Å². The van der Waals surface area contributed by atoms with E-state index in [-0.39, 0.29) is 0 Å². The van der Waals surface area contributed by atoms with E-state index in [9.17, 15) is 0 Å².